The summed E-state index contributed by atoms with van der Waals surface area (Å²) in [4.78, 5) is 15.8. The number of hydrogen-bond donors (Lipinski definition) is 2. The molecule has 21 heavy (non-hydrogen) atoms. The smallest absolute Gasteiger partial charge is 0.244 e. The van der Waals surface area contributed by atoms with Crippen molar-refractivity contribution in [2.24, 2.45) is 0 Å². The fraction of sp³-hybridized carbons (Fsp3) is 0.214. The minimum absolute atomic E-state index is 0.212. The van der Waals surface area contributed by atoms with Crippen LogP contribution in [0.4, 0.5) is 0 Å². The van der Waals surface area contributed by atoms with Crippen LogP contribution in [0.15, 0.2) is 30.6 Å². The van der Waals surface area contributed by atoms with E-state index in [4.69, 9.17) is 9.47 Å². The molecule has 2 N–H and O–H groups in total. The van der Waals surface area contributed by atoms with Crippen molar-refractivity contribution in [3.05, 3.63) is 42.0 Å². The molecular formula is C14H14N4O3. The van der Waals surface area contributed by atoms with Crippen LogP contribution in [0.25, 0.3) is 6.08 Å². The molecule has 2 heterocycles. The Morgan fingerprint density at radius 1 is 1.43 bits per heavy atom. The summed E-state index contributed by atoms with van der Waals surface area (Å²) in [6, 6.07) is 5.27. The second kappa shape index (κ2) is 5.66. The highest BCUT2D eigenvalue weighted by atomic mass is 16.7. The predicted molar refractivity (Wildman–Crippen MR) is 74.5 cm³/mol. The van der Waals surface area contributed by atoms with E-state index in [2.05, 4.69) is 20.5 Å². The van der Waals surface area contributed by atoms with E-state index in [1.165, 1.54) is 12.4 Å². The predicted octanol–water partition coefficient (Wildman–Crippen LogP) is 1.42. The van der Waals surface area contributed by atoms with Gasteiger partial charge in [-0.15, -0.1) is 0 Å². The number of aromatic amines is 1. The molecule has 108 valence electrons. The highest BCUT2D eigenvalue weighted by Gasteiger charge is 2.13. The van der Waals surface area contributed by atoms with Gasteiger partial charge < -0.3 is 14.8 Å². The van der Waals surface area contributed by atoms with Gasteiger partial charge in [0.05, 0.1) is 6.04 Å². The van der Waals surface area contributed by atoms with E-state index < -0.39 is 0 Å². The van der Waals surface area contributed by atoms with Gasteiger partial charge in [0.15, 0.2) is 11.5 Å². The second-order valence-corrected chi connectivity index (χ2v) is 4.55. The molecular weight excluding hydrogens is 272 g/mol. The molecule has 0 aliphatic carbocycles. The van der Waals surface area contributed by atoms with Crippen LogP contribution in [0.3, 0.4) is 0 Å². The number of nitrogens with one attached hydrogen (secondary N) is 2. The normalized spacial score (nSPS) is 14.3. The third kappa shape index (κ3) is 3.02. The Bertz CT molecular complexity index is 667. The van der Waals surface area contributed by atoms with Crippen molar-refractivity contribution in [2.75, 3.05) is 6.79 Å². The molecule has 1 amide bonds. The topological polar surface area (TPSA) is 89.1 Å². The summed E-state index contributed by atoms with van der Waals surface area (Å²) >= 11 is 0. The Labute approximate surface area is 121 Å². The number of benzene rings is 1. The van der Waals surface area contributed by atoms with Crippen molar-refractivity contribution < 1.29 is 14.3 Å². The number of amides is 1. The van der Waals surface area contributed by atoms with Crippen LogP contribution in [0.1, 0.15) is 24.4 Å². The molecule has 1 aromatic carbocycles. The van der Waals surface area contributed by atoms with E-state index in [0.29, 0.717) is 11.6 Å². The molecule has 3 rings (SSSR count). The van der Waals surface area contributed by atoms with Crippen LogP contribution in [0.2, 0.25) is 0 Å². The van der Waals surface area contributed by atoms with E-state index in [1.807, 2.05) is 25.1 Å². The zero-order valence-electron chi connectivity index (χ0n) is 11.4. The van der Waals surface area contributed by atoms with Gasteiger partial charge in [0.25, 0.3) is 0 Å². The standard InChI is InChI=1S/C14H14N4O3/c1-9(14-15-7-16-18-14)17-13(19)5-3-10-2-4-11-12(6-10)21-8-20-11/h2-7,9H,8H2,1H3,(H,17,19)(H,15,16,18)/b5-3+. The van der Waals surface area contributed by atoms with Crippen LogP contribution in [-0.4, -0.2) is 27.9 Å². The van der Waals surface area contributed by atoms with Crippen molar-refractivity contribution in [1.29, 1.82) is 0 Å². The van der Waals surface area contributed by atoms with Gasteiger partial charge in [-0.2, -0.15) is 5.10 Å². The van der Waals surface area contributed by atoms with Gasteiger partial charge in [-0.1, -0.05) is 6.07 Å². The molecule has 1 aromatic heterocycles. The van der Waals surface area contributed by atoms with Crippen molar-refractivity contribution in [1.82, 2.24) is 20.5 Å². The monoisotopic (exact) mass is 286 g/mol. The van der Waals surface area contributed by atoms with Gasteiger partial charge in [-0.05, 0) is 30.7 Å². The summed E-state index contributed by atoms with van der Waals surface area (Å²) in [5, 5.41) is 9.25. The number of aromatic nitrogens is 3. The zero-order chi connectivity index (χ0) is 14.7. The van der Waals surface area contributed by atoms with Crippen molar-refractivity contribution in [3.63, 3.8) is 0 Å². The van der Waals surface area contributed by atoms with E-state index in [0.717, 1.165) is 11.3 Å². The van der Waals surface area contributed by atoms with Crippen molar-refractivity contribution in [3.8, 4) is 11.5 Å². The highest BCUT2D eigenvalue weighted by molar-refractivity contribution is 5.92. The summed E-state index contributed by atoms with van der Waals surface area (Å²) in [5.74, 6) is 1.81. The molecule has 1 unspecified atom stereocenters. The highest BCUT2D eigenvalue weighted by Crippen LogP contribution is 2.32. The van der Waals surface area contributed by atoms with Crippen LogP contribution < -0.4 is 14.8 Å². The van der Waals surface area contributed by atoms with Gasteiger partial charge in [0, 0.05) is 6.08 Å². The largest absolute Gasteiger partial charge is 0.454 e. The lowest BCUT2D eigenvalue weighted by Crippen LogP contribution is -2.25. The Balaban J connectivity index is 1.62. The molecule has 7 nitrogen and oxygen atoms in total. The van der Waals surface area contributed by atoms with E-state index >= 15 is 0 Å². The first kappa shape index (κ1) is 13.2. The third-order valence-electron chi connectivity index (χ3n) is 3.03. The fourth-order valence-corrected chi connectivity index (χ4v) is 1.94. The van der Waals surface area contributed by atoms with E-state index in [-0.39, 0.29) is 18.7 Å². The number of hydrogen-bond acceptors (Lipinski definition) is 5. The van der Waals surface area contributed by atoms with Gasteiger partial charge in [0.2, 0.25) is 12.7 Å². The lowest BCUT2D eigenvalue weighted by Gasteiger charge is -2.08. The first-order valence-electron chi connectivity index (χ1n) is 6.46. The third-order valence-corrected chi connectivity index (χ3v) is 3.03. The van der Waals surface area contributed by atoms with E-state index in [1.54, 1.807) is 6.08 Å². The number of ether oxygens (including phenoxy) is 2. The maximum absolute atomic E-state index is 11.8. The number of H-pyrrole nitrogens is 1. The number of fused-ring (bicyclic) bond motifs is 1. The minimum Gasteiger partial charge on any atom is -0.454 e. The summed E-state index contributed by atoms with van der Waals surface area (Å²) in [6.07, 6.45) is 4.58. The Morgan fingerprint density at radius 3 is 3.10 bits per heavy atom. The van der Waals surface area contributed by atoms with Crippen LogP contribution >= 0.6 is 0 Å². The number of carbonyl (C=O) groups excluding carboxylic acids is 1. The SMILES string of the molecule is CC(NC(=O)/C=C/c1ccc2c(c1)OCO2)c1ncn[nH]1. The first-order chi connectivity index (χ1) is 10.2. The maximum atomic E-state index is 11.8. The molecule has 0 fully saturated rings. The van der Waals surface area contributed by atoms with Gasteiger partial charge in [-0.25, -0.2) is 4.98 Å². The van der Waals surface area contributed by atoms with Crippen LogP contribution in [-0.2, 0) is 4.79 Å². The summed E-state index contributed by atoms with van der Waals surface area (Å²) in [7, 11) is 0. The molecule has 0 saturated heterocycles. The lowest BCUT2D eigenvalue weighted by atomic mass is 10.2. The van der Waals surface area contributed by atoms with Crippen LogP contribution in [0.5, 0.6) is 11.5 Å². The van der Waals surface area contributed by atoms with Gasteiger partial charge in [0.1, 0.15) is 12.2 Å². The molecule has 0 radical (unpaired) electrons. The number of carbonyl (C=O) groups is 1. The number of nitrogens with zero attached hydrogens (tertiary/aromatic N) is 2. The summed E-state index contributed by atoms with van der Waals surface area (Å²) in [5.41, 5.74) is 0.863. The maximum Gasteiger partial charge on any atom is 0.244 e. The Kier molecular flexibility index (Phi) is 3.55. The Hall–Kier alpha value is -2.83. The second-order valence-electron chi connectivity index (χ2n) is 4.55. The van der Waals surface area contributed by atoms with Crippen molar-refractivity contribution in [2.45, 2.75) is 13.0 Å². The fourth-order valence-electron chi connectivity index (χ4n) is 1.94. The zero-order valence-corrected chi connectivity index (χ0v) is 11.4. The molecule has 7 heteroatoms. The lowest BCUT2D eigenvalue weighted by molar-refractivity contribution is -0.117. The molecule has 1 aliphatic rings. The first-order valence-corrected chi connectivity index (χ1v) is 6.46. The minimum atomic E-state index is -0.235. The quantitative estimate of drug-likeness (QED) is 0.830. The molecule has 1 atom stereocenters. The molecule has 0 saturated carbocycles. The average Bonchev–Trinajstić information content (AvgIpc) is 3.15. The average molecular weight is 286 g/mol. The summed E-state index contributed by atoms with van der Waals surface area (Å²) in [6.45, 7) is 2.06. The molecule has 0 spiro atoms. The van der Waals surface area contributed by atoms with Gasteiger partial charge >= 0.3 is 0 Å². The Morgan fingerprint density at radius 2 is 2.29 bits per heavy atom. The molecule has 1 aliphatic heterocycles. The molecule has 2 aromatic rings. The summed E-state index contributed by atoms with van der Waals surface area (Å²) < 4.78 is 10.5. The number of rotatable bonds is 4. The molecule has 0 bridgehead atoms. The van der Waals surface area contributed by atoms with Crippen molar-refractivity contribution >= 4 is 12.0 Å². The van der Waals surface area contributed by atoms with E-state index in [9.17, 15) is 4.79 Å². The van der Waals surface area contributed by atoms with Crippen LogP contribution in [0, 0.1) is 0 Å². The van der Waals surface area contributed by atoms with Gasteiger partial charge in [-0.3, -0.25) is 9.89 Å².